The second-order valence-electron chi connectivity index (χ2n) is 7.30. The molecule has 0 N–H and O–H groups in total. The van der Waals surface area contributed by atoms with Crippen LogP contribution in [0.3, 0.4) is 0 Å². The Morgan fingerprint density at radius 2 is 1.63 bits per heavy atom. The van der Waals surface area contributed by atoms with Crippen LogP contribution in [0.25, 0.3) is 11.0 Å². The number of rotatable bonds is 4. The predicted molar refractivity (Wildman–Crippen MR) is 112 cm³/mol. The maximum Gasteiger partial charge on any atom is 0.332 e. The number of hydrogen-bond acceptors (Lipinski definition) is 5. The standard InChI is InChI=1S/C23H19N3O4/c1-15-4-6-16(7-5-15)12-25-18-3-2-10-24-21(18)22(27)26(23(25)28)13-17-8-9-19-20(11-17)30-14-29-19/h2-11H,12-14H2,1H3. The summed E-state index contributed by atoms with van der Waals surface area (Å²) in [4.78, 5) is 30.7. The highest BCUT2D eigenvalue weighted by atomic mass is 16.7. The van der Waals surface area contributed by atoms with E-state index in [-0.39, 0.29) is 24.5 Å². The molecule has 5 rings (SSSR count). The van der Waals surface area contributed by atoms with Crippen LogP contribution >= 0.6 is 0 Å². The van der Waals surface area contributed by atoms with Gasteiger partial charge in [-0.25, -0.2) is 9.78 Å². The van der Waals surface area contributed by atoms with Crippen LogP contribution in [0.1, 0.15) is 16.7 Å². The van der Waals surface area contributed by atoms with E-state index >= 15 is 0 Å². The van der Waals surface area contributed by atoms with Crippen molar-refractivity contribution in [2.24, 2.45) is 0 Å². The van der Waals surface area contributed by atoms with Gasteiger partial charge in [0.2, 0.25) is 6.79 Å². The van der Waals surface area contributed by atoms with Gasteiger partial charge in [-0.3, -0.25) is 13.9 Å². The molecule has 2 aromatic heterocycles. The van der Waals surface area contributed by atoms with Crippen LogP contribution in [0, 0.1) is 6.92 Å². The van der Waals surface area contributed by atoms with E-state index in [4.69, 9.17) is 9.47 Å². The topological polar surface area (TPSA) is 75.3 Å². The smallest absolute Gasteiger partial charge is 0.332 e. The normalized spacial score (nSPS) is 12.4. The van der Waals surface area contributed by atoms with Crippen LogP contribution in [0.5, 0.6) is 11.5 Å². The average Bonchev–Trinajstić information content (AvgIpc) is 3.23. The Balaban J connectivity index is 1.64. The SMILES string of the molecule is Cc1ccc(Cn2c(=O)n(Cc3ccc4c(c3)OCO4)c(=O)c3ncccc32)cc1. The summed E-state index contributed by atoms with van der Waals surface area (Å²) in [5.41, 5.74) is 2.90. The van der Waals surface area contributed by atoms with Gasteiger partial charge in [0.15, 0.2) is 17.0 Å². The summed E-state index contributed by atoms with van der Waals surface area (Å²) in [5.74, 6) is 1.27. The van der Waals surface area contributed by atoms with Gasteiger partial charge in [0.25, 0.3) is 5.56 Å². The highest BCUT2D eigenvalue weighted by molar-refractivity contribution is 5.73. The summed E-state index contributed by atoms with van der Waals surface area (Å²) < 4.78 is 13.6. The van der Waals surface area contributed by atoms with Crippen molar-refractivity contribution in [2.75, 3.05) is 6.79 Å². The maximum absolute atomic E-state index is 13.4. The molecule has 0 saturated carbocycles. The molecule has 0 fully saturated rings. The van der Waals surface area contributed by atoms with Crippen LogP contribution in [0.2, 0.25) is 0 Å². The first-order valence-corrected chi connectivity index (χ1v) is 9.62. The van der Waals surface area contributed by atoms with E-state index in [9.17, 15) is 9.59 Å². The molecule has 0 atom stereocenters. The van der Waals surface area contributed by atoms with Gasteiger partial charge in [-0.05, 0) is 42.3 Å². The van der Waals surface area contributed by atoms with Gasteiger partial charge in [-0.2, -0.15) is 0 Å². The molecule has 0 aliphatic carbocycles. The summed E-state index contributed by atoms with van der Waals surface area (Å²) in [7, 11) is 0. The maximum atomic E-state index is 13.4. The number of benzene rings is 2. The quantitative estimate of drug-likeness (QED) is 0.526. The fourth-order valence-electron chi connectivity index (χ4n) is 3.63. The third-order valence-electron chi connectivity index (χ3n) is 5.23. The van der Waals surface area contributed by atoms with Gasteiger partial charge in [0.05, 0.1) is 18.6 Å². The molecule has 3 heterocycles. The van der Waals surface area contributed by atoms with Crippen molar-refractivity contribution in [2.45, 2.75) is 20.0 Å². The molecular weight excluding hydrogens is 382 g/mol. The fourth-order valence-corrected chi connectivity index (χ4v) is 3.63. The molecule has 0 spiro atoms. The Hall–Kier alpha value is -3.87. The molecule has 150 valence electrons. The molecule has 1 aliphatic rings. The van der Waals surface area contributed by atoms with E-state index in [2.05, 4.69) is 4.98 Å². The van der Waals surface area contributed by atoms with E-state index in [1.54, 1.807) is 35.0 Å². The summed E-state index contributed by atoms with van der Waals surface area (Å²) in [5, 5.41) is 0. The van der Waals surface area contributed by atoms with E-state index in [1.165, 1.54) is 4.57 Å². The first-order valence-electron chi connectivity index (χ1n) is 9.62. The molecule has 4 aromatic rings. The molecule has 7 nitrogen and oxygen atoms in total. The van der Waals surface area contributed by atoms with Crippen molar-refractivity contribution in [3.63, 3.8) is 0 Å². The van der Waals surface area contributed by atoms with Crippen molar-refractivity contribution in [1.29, 1.82) is 0 Å². The third kappa shape index (κ3) is 3.14. The summed E-state index contributed by atoms with van der Waals surface area (Å²) in [6.07, 6.45) is 1.56. The Morgan fingerprint density at radius 1 is 0.900 bits per heavy atom. The monoisotopic (exact) mass is 401 g/mol. The fraction of sp³-hybridized carbons (Fsp3) is 0.174. The minimum atomic E-state index is -0.409. The molecule has 0 unspecified atom stereocenters. The number of pyridine rings is 1. The van der Waals surface area contributed by atoms with Crippen molar-refractivity contribution < 1.29 is 9.47 Å². The summed E-state index contributed by atoms with van der Waals surface area (Å²) in [6.45, 7) is 2.65. The Bertz CT molecular complexity index is 1370. The summed E-state index contributed by atoms with van der Waals surface area (Å²) >= 11 is 0. The zero-order valence-corrected chi connectivity index (χ0v) is 16.4. The number of nitrogens with zero attached hydrogens (tertiary/aromatic N) is 3. The molecule has 7 heteroatoms. The predicted octanol–water partition coefficient (Wildman–Crippen LogP) is 2.69. The second-order valence-corrected chi connectivity index (χ2v) is 7.30. The zero-order chi connectivity index (χ0) is 20.7. The lowest BCUT2D eigenvalue weighted by molar-refractivity contribution is 0.174. The number of ether oxygens (including phenoxy) is 2. The highest BCUT2D eigenvalue weighted by Crippen LogP contribution is 2.32. The van der Waals surface area contributed by atoms with Crippen LogP contribution in [0.4, 0.5) is 0 Å². The average molecular weight is 401 g/mol. The number of fused-ring (bicyclic) bond motifs is 2. The van der Waals surface area contributed by atoms with Crippen LogP contribution in [-0.4, -0.2) is 20.9 Å². The van der Waals surface area contributed by atoms with Crippen LogP contribution in [-0.2, 0) is 13.1 Å². The molecule has 0 radical (unpaired) electrons. The van der Waals surface area contributed by atoms with E-state index in [0.29, 0.717) is 23.6 Å². The molecule has 0 saturated heterocycles. The van der Waals surface area contributed by atoms with E-state index < -0.39 is 5.56 Å². The van der Waals surface area contributed by atoms with Crippen LogP contribution in [0.15, 0.2) is 70.4 Å². The molecule has 1 aliphatic heterocycles. The van der Waals surface area contributed by atoms with Gasteiger partial charge in [-0.1, -0.05) is 35.9 Å². The zero-order valence-electron chi connectivity index (χ0n) is 16.4. The number of aryl methyl sites for hydroxylation is 1. The van der Waals surface area contributed by atoms with Gasteiger partial charge >= 0.3 is 5.69 Å². The van der Waals surface area contributed by atoms with Crippen molar-refractivity contribution in [3.8, 4) is 11.5 Å². The minimum absolute atomic E-state index is 0.120. The van der Waals surface area contributed by atoms with Gasteiger partial charge < -0.3 is 9.47 Å². The van der Waals surface area contributed by atoms with Crippen molar-refractivity contribution in [3.05, 3.63) is 98.3 Å². The molecule has 0 amide bonds. The largest absolute Gasteiger partial charge is 0.454 e. The Morgan fingerprint density at radius 3 is 2.47 bits per heavy atom. The molecule has 0 bridgehead atoms. The second kappa shape index (κ2) is 7.18. The molecule has 30 heavy (non-hydrogen) atoms. The van der Waals surface area contributed by atoms with Crippen molar-refractivity contribution in [1.82, 2.24) is 14.1 Å². The van der Waals surface area contributed by atoms with Gasteiger partial charge in [-0.15, -0.1) is 0 Å². The minimum Gasteiger partial charge on any atom is -0.454 e. The first kappa shape index (κ1) is 18.2. The third-order valence-corrected chi connectivity index (χ3v) is 5.23. The lowest BCUT2D eigenvalue weighted by atomic mass is 10.1. The van der Waals surface area contributed by atoms with Crippen molar-refractivity contribution >= 4 is 11.0 Å². The Labute approximate surface area is 171 Å². The van der Waals surface area contributed by atoms with Gasteiger partial charge in [0.1, 0.15) is 0 Å². The lowest BCUT2D eigenvalue weighted by Crippen LogP contribution is -2.40. The lowest BCUT2D eigenvalue weighted by Gasteiger charge is -2.14. The van der Waals surface area contributed by atoms with Crippen LogP contribution < -0.4 is 20.7 Å². The van der Waals surface area contributed by atoms with E-state index in [0.717, 1.165) is 16.7 Å². The van der Waals surface area contributed by atoms with Gasteiger partial charge in [0, 0.05) is 6.20 Å². The highest BCUT2D eigenvalue weighted by Gasteiger charge is 2.17. The Kier molecular flexibility index (Phi) is 4.35. The molecular formula is C23H19N3O4. The number of hydrogen-bond donors (Lipinski definition) is 0. The number of aromatic nitrogens is 3. The van der Waals surface area contributed by atoms with E-state index in [1.807, 2.05) is 37.3 Å². The summed E-state index contributed by atoms with van der Waals surface area (Å²) in [6, 6.07) is 16.9. The molecule has 2 aromatic carbocycles. The first-order chi connectivity index (χ1) is 14.6.